The normalized spacial score (nSPS) is 12.9. The van der Waals surface area contributed by atoms with Crippen LogP contribution in [0.3, 0.4) is 0 Å². The molecule has 0 aliphatic heterocycles. The summed E-state index contributed by atoms with van der Waals surface area (Å²) in [6.45, 7) is 1.73. The zero-order valence-electron chi connectivity index (χ0n) is 18.4. The highest BCUT2D eigenvalue weighted by molar-refractivity contribution is 8.00. The molecule has 34 heavy (non-hydrogen) atoms. The Morgan fingerprint density at radius 1 is 1.15 bits per heavy atom. The van der Waals surface area contributed by atoms with Crippen molar-refractivity contribution < 1.29 is 13.2 Å². The van der Waals surface area contributed by atoms with Gasteiger partial charge in [0.25, 0.3) is 10.0 Å². The third-order valence-corrected chi connectivity index (χ3v) is 7.53. The first-order chi connectivity index (χ1) is 16.3. The van der Waals surface area contributed by atoms with Crippen molar-refractivity contribution in [3.63, 3.8) is 0 Å². The maximum absolute atomic E-state index is 12.6. The quantitative estimate of drug-likeness (QED) is 0.476. The highest BCUT2D eigenvalue weighted by atomic mass is 32.2. The molecule has 1 aliphatic rings. The van der Waals surface area contributed by atoms with Crippen molar-refractivity contribution in [2.75, 3.05) is 15.8 Å². The second kappa shape index (κ2) is 10.2. The molecule has 0 fully saturated rings. The summed E-state index contributed by atoms with van der Waals surface area (Å²) in [7, 11) is -3.87. The van der Waals surface area contributed by atoms with E-state index in [0.29, 0.717) is 22.0 Å². The van der Waals surface area contributed by atoms with Crippen molar-refractivity contribution in [1.82, 2.24) is 15.0 Å². The van der Waals surface area contributed by atoms with Crippen LogP contribution in [0.15, 0.2) is 52.5 Å². The minimum atomic E-state index is -3.87. The summed E-state index contributed by atoms with van der Waals surface area (Å²) in [5.41, 5.74) is 3.70. The van der Waals surface area contributed by atoms with Crippen LogP contribution in [0.2, 0.25) is 0 Å². The Kier molecular flexibility index (Phi) is 7.09. The van der Waals surface area contributed by atoms with Gasteiger partial charge in [0.15, 0.2) is 0 Å². The van der Waals surface area contributed by atoms with Crippen LogP contribution >= 0.6 is 11.8 Å². The number of fused-ring (bicyclic) bond motifs is 1. The van der Waals surface area contributed by atoms with Gasteiger partial charge in [0, 0.05) is 23.3 Å². The maximum Gasteiger partial charge on any atom is 0.264 e. The Bertz CT molecular complexity index is 1370. The Hall–Kier alpha value is -3.49. The van der Waals surface area contributed by atoms with E-state index in [1.165, 1.54) is 42.2 Å². The zero-order chi connectivity index (χ0) is 24.1. The second-order valence-electron chi connectivity index (χ2n) is 7.75. The molecule has 2 N–H and O–H groups in total. The lowest BCUT2D eigenvalue weighted by Crippen LogP contribution is -2.16. The first kappa shape index (κ1) is 23.7. The smallest absolute Gasteiger partial charge is 0.264 e. The van der Waals surface area contributed by atoms with Gasteiger partial charge in [0.1, 0.15) is 11.1 Å². The van der Waals surface area contributed by atoms with Crippen LogP contribution in [0.5, 0.6) is 0 Å². The molecule has 0 spiro atoms. The van der Waals surface area contributed by atoms with E-state index in [4.69, 9.17) is 0 Å². The first-order valence-corrected chi connectivity index (χ1v) is 13.1. The standard InChI is InChI=1S/C23H22N6O3S2/c1-15-10-11-25-23(26-15)29-34(31,32)19-8-6-18(7-9-19)27-21(30)14-33-22-17(13-24)12-16-4-2-3-5-20(16)28-22/h6-12H,2-5,14H2,1H3,(H,27,30)(H,25,26,29). The molecule has 2 heterocycles. The molecule has 3 aromatic rings. The van der Waals surface area contributed by atoms with Crippen LogP contribution < -0.4 is 10.0 Å². The van der Waals surface area contributed by atoms with Crippen molar-refractivity contribution in [2.24, 2.45) is 0 Å². The van der Waals surface area contributed by atoms with E-state index < -0.39 is 10.0 Å². The minimum absolute atomic E-state index is 0.0121. The average molecular weight is 495 g/mol. The monoisotopic (exact) mass is 494 g/mol. The lowest BCUT2D eigenvalue weighted by molar-refractivity contribution is -0.113. The van der Waals surface area contributed by atoms with E-state index in [1.54, 1.807) is 13.0 Å². The molecule has 0 atom stereocenters. The molecule has 4 rings (SSSR count). The van der Waals surface area contributed by atoms with Gasteiger partial charge in [-0.05, 0) is 74.6 Å². The molecule has 0 saturated carbocycles. The molecule has 2 aromatic heterocycles. The number of carbonyl (C=O) groups excluding carboxylic acids is 1. The van der Waals surface area contributed by atoms with Crippen LogP contribution in [0, 0.1) is 18.3 Å². The van der Waals surface area contributed by atoms with Crippen LogP contribution in [0.1, 0.15) is 35.4 Å². The number of nitrogens with one attached hydrogen (secondary N) is 2. The summed E-state index contributed by atoms with van der Waals surface area (Å²) in [5, 5.41) is 12.7. The van der Waals surface area contributed by atoms with Gasteiger partial charge in [0.05, 0.1) is 16.2 Å². The molecule has 1 aliphatic carbocycles. The fourth-order valence-corrected chi connectivity index (χ4v) is 5.26. The molecule has 0 saturated heterocycles. The SMILES string of the molecule is Cc1ccnc(NS(=O)(=O)c2ccc(NC(=O)CSc3nc4c(cc3C#N)CCCC4)cc2)n1. The van der Waals surface area contributed by atoms with Crippen LogP contribution in [0.4, 0.5) is 11.6 Å². The molecule has 11 heteroatoms. The fourth-order valence-electron chi connectivity index (χ4n) is 3.53. The maximum atomic E-state index is 12.6. The topological polar surface area (TPSA) is 138 Å². The van der Waals surface area contributed by atoms with Crippen molar-refractivity contribution in [1.29, 1.82) is 5.26 Å². The molecule has 0 bridgehead atoms. The lowest BCUT2D eigenvalue weighted by Gasteiger charge is -2.16. The number of sulfonamides is 1. The molecule has 0 unspecified atom stereocenters. The fraction of sp³-hybridized carbons (Fsp3) is 0.261. The Morgan fingerprint density at radius 2 is 1.91 bits per heavy atom. The molecular formula is C23H22N6O3S2. The number of rotatable bonds is 7. The first-order valence-electron chi connectivity index (χ1n) is 10.6. The molecular weight excluding hydrogens is 472 g/mol. The van der Waals surface area contributed by atoms with Gasteiger partial charge in [-0.2, -0.15) is 5.26 Å². The summed E-state index contributed by atoms with van der Waals surface area (Å²) < 4.78 is 27.4. The van der Waals surface area contributed by atoms with E-state index in [2.05, 4.69) is 31.1 Å². The number of pyridine rings is 1. The summed E-state index contributed by atoms with van der Waals surface area (Å²) in [4.78, 5) is 25.0. The Labute approximate surface area is 202 Å². The van der Waals surface area contributed by atoms with Crippen LogP contribution in [0.25, 0.3) is 0 Å². The van der Waals surface area contributed by atoms with Gasteiger partial charge in [-0.25, -0.2) is 28.1 Å². The summed E-state index contributed by atoms with van der Waals surface area (Å²) in [6, 6.07) is 11.5. The number of carbonyl (C=O) groups is 1. The van der Waals surface area contributed by atoms with Crippen molar-refractivity contribution in [3.05, 3.63) is 65.1 Å². The van der Waals surface area contributed by atoms with E-state index in [9.17, 15) is 18.5 Å². The Morgan fingerprint density at radius 3 is 2.65 bits per heavy atom. The van der Waals surface area contributed by atoms with Gasteiger partial charge in [0.2, 0.25) is 11.9 Å². The number of hydrogen-bond acceptors (Lipinski definition) is 8. The van der Waals surface area contributed by atoms with Gasteiger partial charge in [-0.1, -0.05) is 11.8 Å². The lowest BCUT2D eigenvalue weighted by atomic mass is 9.95. The number of anilines is 2. The average Bonchev–Trinajstić information content (AvgIpc) is 2.82. The predicted molar refractivity (Wildman–Crippen MR) is 129 cm³/mol. The van der Waals surface area contributed by atoms with E-state index in [-0.39, 0.29) is 22.5 Å². The summed E-state index contributed by atoms with van der Waals surface area (Å²) >= 11 is 1.22. The number of benzene rings is 1. The van der Waals surface area contributed by atoms with Crippen molar-refractivity contribution in [2.45, 2.75) is 42.5 Å². The number of hydrogen-bond donors (Lipinski definition) is 2. The van der Waals surface area contributed by atoms with Gasteiger partial charge in [-0.3, -0.25) is 4.79 Å². The number of amides is 1. The third-order valence-electron chi connectivity index (χ3n) is 5.20. The Balaban J connectivity index is 1.37. The van der Waals surface area contributed by atoms with E-state index >= 15 is 0 Å². The number of nitriles is 1. The highest BCUT2D eigenvalue weighted by Crippen LogP contribution is 2.27. The van der Waals surface area contributed by atoms with Crippen molar-refractivity contribution in [3.8, 4) is 6.07 Å². The molecule has 0 radical (unpaired) electrons. The van der Waals surface area contributed by atoms with Gasteiger partial charge >= 0.3 is 0 Å². The molecule has 1 aromatic carbocycles. The largest absolute Gasteiger partial charge is 0.325 e. The molecule has 1 amide bonds. The number of thioether (sulfide) groups is 1. The van der Waals surface area contributed by atoms with Crippen LogP contribution in [-0.2, 0) is 27.7 Å². The minimum Gasteiger partial charge on any atom is -0.325 e. The molecule has 174 valence electrons. The zero-order valence-corrected chi connectivity index (χ0v) is 20.0. The van der Waals surface area contributed by atoms with E-state index in [0.717, 1.165) is 36.9 Å². The highest BCUT2D eigenvalue weighted by Gasteiger charge is 2.18. The van der Waals surface area contributed by atoms with Gasteiger partial charge in [-0.15, -0.1) is 0 Å². The second-order valence-corrected chi connectivity index (χ2v) is 10.4. The van der Waals surface area contributed by atoms with Crippen molar-refractivity contribution >= 4 is 39.3 Å². The number of nitrogens with zero attached hydrogens (tertiary/aromatic N) is 4. The summed E-state index contributed by atoms with van der Waals surface area (Å²) in [6.07, 6.45) is 5.47. The van der Waals surface area contributed by atoms with Gasteiger partial charge < -0.3 is 5.32 Å². The third kappa shape index (κ3) is 5.70. The number of aromatic nitrogens is 3. The van der Waals surface area contributed by atoms with E-state index in [1.807, 2.05) is 6.07 Å². The molecule has 9 nitrogen and oxygen atoms in total. The van der Waals surface area contributed by atoms with Crippen LogP contribution in [-0.4, -0.2) is 35.0 Å². The number of aryl methyl sites for hydroxylation is 3. The summed E-state index contributed by atoms with van der Waals surface area (Å²) in [5.74, 6) is -0.218. The predicted octanol–water partition coefficient (Wildman–Crippen LogP) is 3.46.